The van der Waals surface area contributed by atoms with Crippen LogP contribution >= 0.6 is 0 Å². The van der Waals surface area contributed by atoms with E-state index in [1.54, 1.807) is 12.1 Å². The molecule has 2 rings (SSSR count). The maximum Gasteiger partial charge on any atom is 0.243 e. The van der Waals surface area contributed by atoms with E-state index in [4.69, 9.17) is 0 Å². The topological polar surface area (TPSA) is 83.6 Å². The molecule has 112 valence electrons. The molecule has 6 nitrogen and oxygen atoms in total. The Morgan fingerprint density at radius 3 is 2.20 bits per heavy atom. The van der Waals surface area contributed by atoms with Crippen molar-refractivity contribution in [3.8, 4) is 0 Å². The Labute approximate surface area is 119 Å². The Kier molecular flexibility index (Phi) is 4.36. The molecule has 1 aliphatic heterocycles. The maximum absolute atomic E-state index is 12.4. The van der Waals surface area contributed by atoms with Crippen LogP contribution in [0.5, 0.6) is 0 Å². The normalized spacial score (nSPS) is 19.6. The molecule has 0 saturated carbocycles. The SMILES string of the molecule is CCNc1ccc(S(=O)(=O)N2CCS(=O)(=O)CC2)cc1. The molecule has 0 atom stereocenters. The van der Waals surface area contributed by atoms with Crippen LogP contribution in [-0.2, 0) is 19.9 Å². The van der Waals surface area contributed by atoms with Gasteiger partial charge in [-0.15, -0.1) is 0 Å². The van der Waals surface area contributed by atoms with E-state index in [0.717, 1.165) is 12.2 Å². The van der Waals surface area contributed by atoms with Gasteiger partial charge in [-0.2, -0.15) is 4.31 Å². The van der Waals surface area contributed by atoms with Crippen molar-refractivity contribution in [1.29, 1.82) is 0 Å². The molecule has 1 aliphatic rings. The summed E-state index contributed by atoms with van der Waals surface area (Å²) in [5.41, 5.74) is 0.854. The van der Waals surface area contributed by atoms with Crippen molar-refractivity contribution < 1.29 is 16.8 Å². The minimum absolute atomic E-state index is 0.0274. The molecule has 0 spiro atoms. The van der Waals surface area contributed by atoms with Crippen molar-refractivity contribution in [2.24, 2.45) is 0 Å². The number of rotatable bonds is 4. The number of benzene rings is 1. The van der Waals surface area contributed by atoms with Crippen molar-refractivity contribution >= 4 is 25.5 Å². The van der Waals surface area contributed by atoms with Crippen molar-refractivity contribution in [3.05, 3.63) is 24.3 Å². The summed E-state index contributed by atoms with van der Waals surface area (Å²) in [4.78, 5) is 0.193. The lowest BCUT2D eigenvalue weighted by molar-refractivity contribution is 0.431. The molecule has 0 amide bonds. The third kappa shape index (κ3) is 3.31. The van der Waals surface area contributed by atoms with Gasteiger partial charge in [0.1, 0.15) is 0 Å². The van der Waals surface area contributed by atoms with E-state index in [9.17, 15) is 16.8 Å². The number of nitrogens with zero attached hydrogens (tertiary/aromatic N) is 1. The monoisotopic (exact) mass is 318 g/mol. The number of hydrogen-bond donors (Lipinski definition) is 1. The second-order valence-electron chi connectivity index (χ2n) is 4.61. The van der Waals surface area contributed by atoms with Gasteiger partial charge in [-0.3, -0.25) is 0 Å². The fourth-order valence-corrected chi connectivity index (χ4v) is 4.91. The standard InChI is InChI=1S/C12H18N2O4S2/c1-2-13-11-3-5-12(6-4-11)20(17,18)14-7-9-19(15,16)10-8-14/h3-6,13H,2,7-10H2,1H3. The van der Waals surface area contributed by atoms with Gasteiger partial charge in [-0.05, 0) is 31.2 Å². The van der Waals surface area contributed by atoms with E-state index in [1.807, 2.05) is 6.92 Å². The van der Waals surface area contributed by atoms with Crippen molar-refractivity contribution in [2.45, 2.75) is 11.8 Å². The van der Waals surface area contributed by atoms with Gasteiger partial charge in [0.05, 0.1) is 16.4 Å². The van der Waals surface area contributed by atoms with E-state index in [0.29, 0.717) is 0 Å². The molecule has 1 fully saturated rings. The van der Waals surface area contributed by atoms with Crippen LogP contribution in [0, 0.1) is 0 Å². The van der Waals surface area contributed by atoms with Gasteiger partial charge in [0, 0.05) is 25.3 Å². The molecule has 1 aromatic rings. The highest BCUT2D eigenvalue weighted by atomic mass is 32.2. The number of hydrogen-bond acceptors (Lipinski definition) is 5. The highest BCUT2D eigenvalue weighted by molar-refractivity contribution is 7.92. The van der Waals surface area contributed by atoms with Gasteiger partial charge in [-0.1, -0.05) is 0 Å². The molecule has 0 unspecified atom stereocenters. The molecule has 0 aliphatic carbocycles. The summed E-state index contributed by atoms with van der Waals surface area (Å²) >= 11 is 0. The van der Waals surface area contributed by atoms with Gasteiger partial charge >= 0.3 is 0 Å². The summed E-state index contributed by atoms with van der Waals surface area (Å²) in [7, 11) is -6.69. The summed E-state index contributed by atoms with van der Waals surface area (Å²) in [6, 6.07) is 6.49. The molecule has 1 saturated heterocycles. The average molecular weight is 318 g/mol. The average Bonchev–Trinajstić information content (AvgIpc) is 2.39. The second-order valence-corrected chi connectivity index (χ2v) is 8.85. The molecular weight excluding hydrogens is 300 g/mol. The Hall–Kier alpha value is -1.12. The summed E-state index contributed by atoms with van der Waals surface area (Å²) in [5.74, 6) is -0.219. The second kappa shape index (κ2) is 5.71. The van der Waals surface area contributed by atoms with Crippen LogP contribution in [0.15, 0.2) is 29.2 Å². The van der Waals surface area contributed by atoms with Gasteiger partial charge in [0.15, 0.2) is 9.84 Å². The fraction of sp³-hybridized carbons (Fsp3) is 0.500. The summed E-state index contributed by atoms with van der Waals surface area (Å²) < 4.78 is 48.7. The molecule has 0 radical (unpaired) electrons. The number of sulfonamides is 1. The number of nitrogens with one attached hydrogen (secondary N) is 1. The highest BCUT2D eigenvalue weighted by Gasteiger charge is 2.30. The first-order chi connectivity index (χ1) is 9.35. The van der Waals surface area contributed by atoms with Crippen molar-refractivity contribution in [2.75, 3.05) is 36.5 Å². The smallest absolute Gasteiger partial charge is 0.243 e. The lowest BCUT2D eigenvalue weighted by atomic mass is 10.3. The van der Waals surface area contributed by atoms with Gasteiger partial charge < -0.3 is 5.32 Å². The van der Waals surface area contributed by atoms with Gasteiger partial charge in [0.2, 0.25) is 10.0 Å². The van der Waals surface area contributed by atoms with E-state index < -0.39 is 19.9 Å². The minimum Gasteiger partial charge on any atom is -0.385 e. The first kappa shape index (κ1) is 15.3. The quantitative estimate of drug-likeness (QED) is 0.876. The predicted octanol–water partition coefficient (Wildman–Crippen LogP) is 0.537. The Balaban J connectivity index is 2.18. The van der Waals surface area contributed by atoms with E-state index >= 15 is 0 Å². The Morgan fingerprint density at radius 1 is 1.15 bits per heavy atom. The van der Waals surface area contributed by atoms with E-state index in [2.05, 4.69) is 5.32 Å². The first-order valence-electron chi connectivity index (χ1n) is 6.40. The number of anilines is 1. The lowest BCUT2D eigenvalue weighted by Crippen LogP contribution is -2.43. The third-order valence-corrected chi connectivity index (χ3v) is 6.70. The summed E-state index contributed by atoms with van der Waals surface area (Å²) in [6.07, 6.45) is 0. The number of sulfone groups is 1. The van der Waals surface area contributed by atoms with Crippen LogP contribution in [-0.4, -0.2) is 52.3 Å². The molecule has 0 bridgehead atoms. The summed E-state index contributed by atoms with van der Waals surface area (Å²) in [5, 5.41) is 3.09. The zero-order valence-electron chi connectivity index (χ0n) is 11.2. The van der Waals surface area contributed by atoms with Crippen LogP contribution in [0.4, 0.5) is 5.69 Å². The fourth-order valence-electron chi connectivity index (χ4n) is 2.03. The maximum atomic E-state index is 12.4. The molecule has 8 heteroatoms. The van der Waals surface area contributed by atoms with Crippen molar-refractivity contribution in [1.82, 2.24) is 4.31 Å². The van der Waals surface area contributed by atoms with Crippen LogP contribution in [0.25, 0.3) is 0 Å². The largest absolute Gasteiger partial charge is 0.385 e. The Morgan fingerprint density at radius 2 is 1.70 bits per heavy atom. The molecule has 0 aromatic heterocycles. The van der Waals surface area contributed by atoms with Crippen LogP contribution < -0.4 is 5.32 Å². The van der Waals surface area contributed by atoms with E-state index in [1.165, 1.54) is 16.4 Å². The van der Waals surface area contributed by atoms with E-state index in [-0.39, 0.29) is 29.5 Å². The zero-order valence-corrected chi connectivity index (χ0v) is 12.9. The van der Waals surface area contributed by atoms with Crippen LogP contribution in [0.2, 0.25) is 0 Å². The Bertz CT molecular complexity index is 652. The van der Waals surface area contributed by atoms with Gasteiger partial charge in [-0.25, -0.2) is 16.8 Å². The zero-order chi connectivity index (χ0) is 14.8. The molecule has 1 N–H and O–H groups in total. The van der Waals surface area contributed by atoms with Gasteiger partial charge in [0.25, 0.3) is 0 Å². The molecule has 1 aromatic carbocycles. The first-order valence-corrected chi connectivity index (χ1v) is 9.66. The van der Waals surface area contributed by atoms with Crippen molar-refractivity contribution in [3.63, 3.8) is 0 Å². The van der Waals surface area contributed by atoms with Crippen LogP contribution in [0.1, 0.15) is 6.92 Å². The minimum atomic E-state index is -3.60. The highest BCUT2D eigenvalue weighted by Crippen LogP contribution is 2.20. The summed E-state index contributed by atoms with van der Waals surface area (Å²) in [6.45, 7) is 2.77. The van der Waals surface area contributed by atoms with Crippen LogP contribution in [0.3, 0.4) is 0 Å². The molecule has 20 heavy (non-hydrogen) atoms. The lowest BCUT2D eigenvalue weighted by Gasteiger charge is -2.26. The molecular formula is C12H18N2O4S2. The third-order valence-electron chi connectivity index (χ3n) is 3.18. The molecule has 1 heterocycles. The predicted molar refractivity (Wildman–Crippen MR) is 78.0 cm³/mol.